The molecule has 2 aromatic rings. The van der Waals surface area contributed by atoms with Gasteiger partial charge in [-0.15, -0.1) is 0 Å². The second-order valence-electron chi connectivity index (χ2n) is 6.48. The van der Waals surface area contributed by atoms with E-state index in [9.17, 15) is 9.59 Å². The average molecular weight is 381 g/mol. The Labute approximate surface area is 164 Å². The Morgan fingerprint density at radius 3 is 2.59 bits per heavy atom. The zero-order chi connectivity index (χ0) is 19.1. The lowest BCUT2D eigenvalue weighted by molar-refractivity contribution is -0.126. The molecule has 27 heavy (non-hydrogen) atoms. The number of likely N-dealkylation sites (tertiary alicyclic amines) is 1. The van der Waals surface area contributed by atoms with Crippen LogP contribution in [-0.4, -0.2) is 36.3 Å². The molecule has 1 aliphatic rings. The van der Waals surface area contributed by atoms with Gasteiger partial charge in [-0.2, -0.15) is 0 Å². The normalized spacial score (nSPS) is 16.2. The van der Waals surface area contributed by atoms with Crippen molar-refractivity contribution in [2.75, 3.05) is 19.6 Å². The van der Waals surface area contributed by atoms with Gasteiger partial charge in [0.25, 0.3) is 5.91 Å². The first-order valence-electron chi connectivity index (χ1n) is 9.00. The van der Waals surface area contributed by atoms with Gasteiger partial charge in [-0.05, 0) is 49.2 Å². The number of halogens is 1. The highest BCUT2D eigenvalue weighted by molar-refractivity contribution is 6.30. The maximum atomic E-state index is 12.6. The highest BCUT2D eigenvalue weighted by Crippen LogP contribution is 2.19. The van der Waals surface area contributed by atoms with Gasteiger partial charge in [-0.1, -0.05) is 41.6 Å². The molecular formula is C22H21ClN2O2. The van der Waals surface area contributed by atoms with E-state index in [4.69, 9.17) is 11.6 Å². The number of hydrogen-bond donors (Lipinski definition) is 1. The summed E-state index contributed by atoms with van der Waals surface area (Å²) in [5.41, 5.74) is 1.51. The Bertz CT molecular complexity index is 853. The van der Waals surface area contributed by atoms with Gasteiger partial charge >= 0.3 is 0 Å². The predicted octanol–water partition coefficient (Wildman–Crippen LogP) is 3.36. The van der Waals surface area contributed by atoms with Crippen LogP contribution in [0.2, 0.25) is 5.02 Å². The summed E-state index contributed by atoms with van der Waals surface area (Å²) >= 11 is 5.88. The van der Waals surface area contributed by atoms with E-state index in [0.717, 1.165) is 18.4 Å². The first-order valence-corrected chi connectivity index (χ1v) is 9.38. The van der Waals surface area contributed by atoms with Crippen molar-refractivity contribution >= 4 is 23.4 Å². The Hall–Kier alpha value is -2.77. The summed E-state index contributed by atoms with van der Waals surface area (Å²) in [5.74, 6) is 5.67. The zero-order valence-electron chi connectivity index (χ0n) is 15.0. The molecule has 3 rings (SSSR count). The van der Waals surface area contributed by atoms with E-state index < -0.39 is 0 Å². The third-order valence-corrected chi connectivity index (χ3v) is 4.78. The van der Waals surface area contributed by atoms with Gasteiger partial charge in [0.2, 0.25) is 5.91 Å². The van der Waals surface area contributed by atoms with E-state index in [0.29, 0.717) is 30.2 Å². The van der Waals surface area contributed by atoms with E-state index in [1.165, 1.54) is 0 Å². The second-order valence-corrected chi connectivity index (χ2v) is 6.92. The molecule has 0 spiro atoms. The van der Waals surface area contributed by atoms with Crippen LogP contribution in [0.4, 0.5) is 0 Å². The summed E-state index contributed by atoms with van der Waals surface area (Å²) in [5, 5.41) is 3.46. The summed E-state index contributed by atoms with van der Waals surface area (Å²) in [6, 6.07) is 16.5. The van der Waals surface area contributed by atoms with Crippen LogP contribution >= 0.6 is 11.6 Å². The van der Waals surface area contributed by atoms with Crippen LogP contribution in [0, 0.1) is 17.8 Å². The monoisotopic (exact) mass is 380 g/mol. The topological polar surface area (TPSA) is 49.4 Å². The van der Waals surface area contributed by atoms with Crippen molar-refractivity contribution in [1.29, 1.82) is 0 Å². The van der Waals surface area contributed by atoms with Gasteiger partial charge in [0.05, 0.1) is 12.5 Å². The molecule has 0 bridgehead atoms. The zero-order valence-corrected chi connectivity index (χ0v) is 15.7. The number of piperidine rings is 1. The van der Waals surface area contributed by atoms with Crippen LogP contribution in [0.25, 0.3) is 0 Å². The molecule has 0 radical (unpaired) electrons. The summed E-state index contributed by atoms with van der Waals surface area (Å²) < 4.78 is 0. The number of nitrogens with one attached hydrogen (secondary N) is 1. The van der Waals surface area contributed by atoms with Crippen LogP contribution in [0.5, 0.6) is 0 Å². The molecule has 1 fully saturated rings. The Balaban J connectivity index is 1.52. The minimum atomic E-state index is -0.200. The van der Waals surface area contributed by atoms with Crippen molar-refractivity contribution in [2.24, 2.45) is 5.92 Å². The maximum absolute atomic E-state index is 12.6. The number of nitrogens with zero attached hydrogens (tertiary/aromatic N) is 1. The highest BCUT2D eigenvalue weighted by Gasteiger charge is 2.28. The molecule has 0 saturated carbocycles. The first kappa shape index (κ1) is 19.0. The Morgan fingerprint density at radius 1 is 1.11 bits per heavy atom. The van der Waals surface area contributed by atoms with Crippen LogP contribution in [0.1, 0.15) is 28.8 Å². The molecular weight excluding hydrogens is 360 g/mol. The largest absolute Gasteiger partial charge is 0.345 e. The quantitative estimate of drug-likeness (QED) is 0.830. The van der Waals surface area contributed by atoms with Gasteiger partial charge in [0.15, 0.2) is 0 Å². The first-order chi connectivity index (χ1) is 13.1. The number of hydrogen-bond acceptors (Lipinski definition) is 2. The van der Waals surface area contributed by atoms with Gasteiger partial charge in [-0.25, -0.2) is 0 Å². The van der Waals surface area contributed by atoms with Crippen molar-refractivity contribution in [1.82, 2.24) is 10.2 Å². The Morgan fingerprint density at radius 2 is 1.85 bits per heavy atom. The molecule has 4 nitrogen and oxygen atoms in total. The smallest absolute Gasteiger partial charge is 0.253 e. The molecule has 138 valence electrons. The molecule has 1 saturated heterocycles. The fraction of sp³-hybridized carbons (Fsp3) is 0.273. The number of rotatable bonds is 3. The molecule has 2 aromatic carbocycles. The van der Waals surface area contributed by atoms with Crippen molar-refractivity contribution in [3.05, 3.63) is 70.7 Å². The predicted molar refractivity (Wildman–Crippen MR) is 106 cm³/mol. The fourth-order valence-electron chi connectivity index (χ4n) is 3.09. The third-order valence-electron chi connectivity index (χ3n) is 4.53. The number of benzene rings is 2. The van der Waals surface area contributed by atoms with Gasteiger partial charge in [0.1, 0.15) is 0 Å². The molecule has 1 N–H and O–H groups in total. The maximum Gasteiger partial charge on any atom is 0.253 e. The molecule has 2 amide bonds. The number of amides is 2. The van der Waals surface area contributed by atoms with Crippen molar-refractivity contribution in [3.63, 3.8) is 0 Å². The minimum Gasteiger partial charge on any atom is -0.345 e. The van der Waals surface area contributed by atoms with Crippen LogP contribution in [-0.2, 0) is 4.79 Å². The summed E-state index contributed by atoms with van der Waals surface area (Å²) in [6.45, 7) is 1.40. The molecule has 0 aliphatic carbocycles. The standard InChI is InChI=1S/C22H21ClN2O2/c23-20-12-10-18(11-13-20)22(27)25-15-5-9-19(16-25)21(26)24-14-4-8-17-6-2-1-3-7-17/h1-3,6-7,10-13,19H,5,9,14-16H2,(H,24,26). The van der Waals surface area contributed by atoms with Crippen LogP contribution in [0.15, 0.2) is 54.6 Å². The van der Waals surface area contributed by atoms with Crippen molar-refractivity contribution in [2.45, 2.75) is 12.8 Å². The lowest BCUT2D eigenvalue weighted by Gasteiger charge is -2.32. The summed E-state index contributed by atoms with van der Waals surface area (Å²) in [4.78, 5) is 26.8. The van der Waals surface area contributed by atoms with E-state index in [1.54, 1.807) is 29.2 Å². The lowest BCUT2D eigenvalue weighted by Crippen LogP contribution is -2.45. The van der Waals surface area contributed by atoms with E-state index in [-0.39, 0.29) is 17.7 Å². The average Bonchev–Trinajstić information content (AvgIpc) is 2.72. The van der Waals surface area contributed by atoms with Crippen molar-refractivity contribution in [3.8, 4) is 11.8 Å². The molecule has 1 atom stereocenters. The van der Waals surface area contributed by atoms with Gasteiger partial charge in [-0.3, -0.25) is 9.59 Å². The SMILES string of the molecule is O=C(NCC#Cc1ccccc1)C1CCCN(C(=O)c2ccc(Cl)cc2)C1. The molecule has 1 unspecified atom stereocenters. The van der Waals surface area contributed by atoms with E-state index >= 15 is 0 Å². The molecule has 5 heteroatoms. The molecule has 1 heterocycles. The summed E-state index contributed by atoms with van der Waals surface area (Å²) in [7, 11) is 0. The Kier molecular flexibility index (Phi) is 6.51. The minimum absolute atomic E-state index is 0.0500. The van der Waals surface area contributed by atoms with Gasteiger partial charge in [0, 0.05) is 29.2 Å². The summed E-state index contributed by atoms with van der Waals surface area (Å²) in [6.07, 6.45) is 1.59. The highest BCUT2D eigenvalue weighted by atomic mass is 35.5. The number of carbonyl (C=O) groups excluding carboxylic acids is 2. The van der Waals surface area contributed by atoms with E-state index in [1.807, 2.05) is 30.3 Å². The third kappa shape index (κ3) is 5.35. The van der Waals surface area contributed by atoms with Crippen molar-refractivity contribution < 1.29 is 9.59 Å². The molecule has 0 aromatic heterocycles. The van der Waals surface area contributed by atoms with Gasteiger partial charge < -0.3 is 10.2 Å². The van der Waals surface area contributed by atoms with Crippen LogP contribution < -0.4 is 5.32 Å². The molecule has 1 aliphatic heterocycles. The van der Waals surface area contributed by atoms with E-state index in [2.05, 4.69) is 17.2 Å². The second kappa shape index (κ2) is 9.25. The lowest BCUT2D eigenvalue weighted by atomic mass is 9.96. The number of carbonyl (C=O) groups is 2. The van der Waals surface area contributed by atoms with Crippen LogP contribution in [0.3, 0.4) is 0 Å². The fourth-order valence-corrected chi connectivity index (χ4v) is 3.22.